The Kier molecular flexibility index (Phi) is 7.57. The van der Waals surface area contributed by atoms with Crippen LogP contribution in [0, 0.1) is 0 Å². The van der Waals surface area contributed by atoms with Crippen LogP contribution < -0.4 is 10.6 Å². The van der Waals surface area contributed by atoms with Crippen LogP contribution in [0.2, 0.25) is 0 Å². The van der Waals surface area contributed by atoms with Crippen LogP contribution in [-0.2, 0) is 0 Å². The minimum absolute atomic E-state index is 0.114. The Morgan fingerprint density at radius 2 is 1.89 bits per heavy atom. The third-order valence-electron chi connectivity index (χ3n) is 2.52. The molecular formula is C13H17Br3N2O. The zero-order valence-electron chi connectivity index (χ0n) is 10.6. The highest BCUT2D eigenvalue weighted by Crippen LogP contribution is 2.36. The van der Waals surface area contributed by atoms with Crippen molar-refractivity contribution >= 4 is 53.7 Å². The highest BCUT2D eigenvalue weighted by Gasteiger charge is 2.31. The predicted molar refractivity (Wildman–Crippen MR) is 90.1 cm³/mol. The van der Waals surface area contributed by atoms with Crippen LogP contribution in [0.3, 0.4) is 0 Å². The van der Waals surface area contributed by atoms with Crippen molar-refractivity contribution < 1.29 is 4.79 Å². The van der Waals surface area contributed by atoms with Gasteiger partial charge in [-0.05, 0) is 25.1 Å². The molecule has 0 aromatic heterocycles. The van der Waals surface area contributed by atoms with Crippen molar-refractivity contribution in [3.63, 3.8) is 0 Å². The van der Waals surface area contributed by atoms with Crippen LogP contribution >= 0.6 is 47.8 Å². The molecule has 0 bridgehead atoms. The maximum absolute atomic E-state index is 12.1. The van der Waals surface area contributed by atoms with E-state index in [-0.39, 0.29) is 12.1 Å². The molecule has 0 saturated heterocycles. The predicted octanol–water partition coefficient (Wildman–Crippen LogP) is 3.97. The van der Waals surface area contributed by atoms with E-state index >= 15 is 0 Å². The fourth-order valence-electron chi connectivity index (χ4n) is 1.48. The molecule has 6 heteroatoms. The summed E-state index contributed by atoms with van der Waals surface area (Å²) in [6, 6.07) is 9.15. The molecule has 0 aliphatic heterocycles. The molecule has 106 valence electrons. The first-order valence-electron chi connectivity index (χ1n) is 6.11. The summed E-state index contributed by atoms with van der Waals surface area (Å²) in [6.07, 6.45) is 1.89. The molecule has 0 aliphatic carbocycles. The van der Waals surface area contributed by atoms with Crippen molar-refractivity contribution in [2.45, 2.75) is 28.1 Å². The van der Waals surface area contributed by atoms with E-state index in [0.717, 1.165) is 19.4 Å². The fraction of sp³-hybridized carbons (Fsp3) is 0.462. The summed E-state index contributed by atoms with van der Waals surface area (Å²) in [4.78, 5) is 12.1. The molecule has 0 fully saturated rings. The molecule has 1 aromatic rings. The SMILES string of the molecule is CCCCNC(NC(=O)c1ccccc1)C(Br)(Br)Br. The maximum Gasteiger partial charge on any atom is 0.252 e. The molecule has 0 spiro atoms. The second-order valence-corrected chi connectivity index (χ2v) is 11.1. The summed E-state index contributed by atoms with van der Waals surface area (Å²) in [7, 11) is 0. The van der Waals surface area contributed by atoms with Crippen molar-refractivity contribution in [2.75, 3.05) is 6.54 Å². The highest BCUT2D eigenvalue weighted by atomic mass is 80.0. The maximum atomic E-state index is 12.1. The Labute approximate surface area is 139 Å². The van der Waals surface area contributed by atoms with Crippen molar-refractivity contribution in [2.24, 2.45) is 0 Å². The number of amides is 1. The number of carbonyl (C=O) groups excluding carboxylic acids is 1. The number of alkyl halides is 3. The van der Waals surface area contributed by atoms with Crippen LogP contribution in [0.25, 0.3) is 0 Å². The summed E-state index contributed by atoms with van der Waals surface area (Å²) >= 11 is 10.4. The molecule has 1 unspecified atom stereocenters. The fourth-order valence-corrected chi connectivity index (χ4v) is 2.30. The summed E-state index contributed by atoms with van der Waals surface area (Å²) in [5, 5.41) is 6.23. The van der Waals surface area contributed by atoms with E-state index in [1.54, 1.807) is 12.1 Å². The van der Waals surface area contributed by atoms with Gasteiger partial charge in [-0.25, -0.2) is 0 Å². The molecule has 1 atom stereocenters. The topological polar surface area (TPSA) is 41.1 Å². The molecule has 0 radical (unpaired) electrons. The number of benzene rings is 1. The summed E-state index contributed by atoms with van der Waals surface area (Å²) in [6.45, 7) is 2.96. The normalized spacial score (nSPS) is 13.1. The average Bonchev–Trinajstić information content (AvgIpc) is 2.37. The summed E-state index contributed by atoms with van der Waals surface area (Å²) < 4.78 is -0.578. The van der Waals surface area contributed by atoms with Gasteiger partial charge >= 0.3 is 0 Å². The number of nitrogens with one attached hydrogen (secondary N) is 2. The molecule has 3 nitrogen and oxygen atoms in total. The number of rotatable bonds is 6. The van der Waals surface area contributed by atoms with Crippen LogP contribution in [-0.4, -0.2) is 20.8 Å². The van der Waals surface area contributed by atoms with Crippen LogP contribution in [0.15, 0.2) is 30.3 Å². The van der Waals surface area contributed by atoms with E-state index < -0.39 is 2.14 Å². The van der Waals surface area contributed by atoms with E-state index in [2.05, 4.69) is 65.3 Å². The van der Waals surface area contributed by atoms with Crippen LogP contribution in [0.1, 0.15) is 30.1 Å². The molecule has 0 saturated carbocycles. The van der Waals surface area contributed by atoms with E-state index in [4.69, 9.17) is 0 Å². The van der Waals surface area contributed by atoms with Crippen molar-refractivity contribution in [3.8, 4) is 0 Å². The van der Waals surface area contributed by atoms with Gasteiger partial charge in [0, 0.05) is 5.56 Å². The molecule has 1 aromatic carbocycles. The lowest BCUT2D eigenvalue weighted by Gasteiger charge is -2.27. The highest BCUT2D eigenvalue weighted by molar-refractivity contribution is 9.39. The number of hydrogen-bond acceptors (Lipinski definition) is 2. The lowest BCUT2D eigenvalue weighted by Crippen LogP contribution is -2.53. The van der Waals surface area contributed by atoms with E-state index in [0.29, 0.717) is 5.56 Å². The van der Waals surface area contributed by atoms with Gasteiger partial charge in [0.2, 0.25) is 0 Å². The first-order chi connectivity index (χ1) is 8.95. The molecule has 0 heterocycles. The lowest BCUT2D eigenvalue weighted by molar-refractivity contribution is 0.0932. The van der Waals surface area contributed by atoms with Gasteiger partial charge in [-0.2, -0.15) is 0 Å². The lowest BCUT2D eigenvalue weighted by atomic mass is 10.2. The standard InChI is InChI=1S/C13H17Br3N2O/c1-2-3-9-17-12(13(14,15)16)18-11(19)10-7-5-4-6-8-10/h4-8,12,17H,2-3,9H2,1H3,(H,18,19). The smallest absolute Gasteiger partial charge is 0.252 e. The Bertz CT molecular complexity index is 393. The molecule has 1 rings (SSSR count). The van der Waals surface area contributed by atoms with Crippen molar-refractivity contribution in [1.82, 2.24) is 10.6 Å². The van der Waals surface area contributed by atoms with E-state index in [1.807, 2.05) is 18.2 Å². The van der Waals surface area contributed by atoms with Crippen molar-refractivity contribution in [1.29, 1.82) is 0 Å². The van der Waals surface area contributed by atoms with Gasteiger partial charge in [-0.15, -0.1) is 0 Å². The first-order valence-corrected chi connectivity index (χ1v) is 8.49. The number of halogens is 3. The van der Waals surface area contributed by atoms with Gasteiger partial charge in [0.1, 0.15) is 6.17 Å². The molecular weight excluding hydrogens is 440 g/mol. The van der Waals surface area contributed by atoms with Crippen molar-refractivity contribution in [3.05, 3.63) is 35.9 Å². The largest absolute Gasteiger partial charge is 0.334 e. The average molecular weight is 457 g/mol. The Balaban J connectivity index is 2.64. The van der Waals surface area contributed by atoms with Gasteiger partial charge in [0.15, 0.2) is 2.14 Å². The minimum Gasteiger partial charge on any atom is -0.334 e. The number of carbonyl (C=O) groups is 1. The Morgan fingerprint density at radius 3 is 2.42 bits per heavy atom. The third kappa shape index (κ3) is 6.38. The Hall–Kier alpha value is 0.0900. The first kappa shape index (κ1) is 17.1. The van der Waals surface area contributed by atoms with E-state index in [9.17, 15) is 4.79 Å². The molecule has 1 amide bonds. The minimum atomic E-state index is -0.578. The second-order valence-electron chi connectivity index (χ2n) is 4.12. The number of unbranched alkanes of at least 4 members (excludes halogenated alkanes) is 1. The summed E-state index contributed by atoms with van der Waals surface area (Å²) in [5.41, 5.74) is 0.640. The Morgan fingerprint density at radius 1 is 1.26 bits per heavy atom. The van der Waals surface area contributed by atoms with Gasteiger partial charge in [0.25, 0.3) is 5.91 Å². The quantitative estimate of drug-likeness (QED) is 0.386. The number of hydrogen-bond donors (Lipinski definition) is 2. The van der Waals surface area contributed by atoms with Crippen LogP contribution in [0.5, 0.6) is 0 Å². The van der Waals surface area contributed by atoms with Gasteiger partial charge in [0.05, 0.1) is 0 Å². The van der Waals surface area contributed by atoms with Gasteiger partial charge < -0.3 is 5.32 Å². The molecule has 2 N–H and O–H groups in total. The van der Waals surface area contributed by atoms with E-state index in [1.165, 1.54) is 0 Å². The zero-order valence-corrected chi connectivity index (χ0v) is 15.4. The van der Waals surface area contributed by atoms with Gasteiger partial charge in [-0.3, -0.25) is 10.1 Å². The summed E-state index contributed by atoms with van der Waals surface area (Å²) in [5.74, 6) is -0.114. The second kappa shape index (κ2) is 8.39. The molecule has 19 heavy (non-hydrogen) atoms. The molecule has 0 aliphatic rings. The third-order valence-corrected chi connectivity index (χ3v) is 3.89. The zero-order chi connectivity index (χ0) is 14.3. The van der Waals surface area contributed by atoms with Crippen LogP contribution in [0.4, 0.5) is 0 Å². The van der Waals surface area contributed by atoms with Gasteiger partial charge in [-0.1, -0.05) is 79.3 Å². The monoisotopic (exact) mass is 454 g/mol.